The Morgan fingerprint density at radius 3 is 1.79 bits per heavy atom. The second-order valence-electron chi connectivity index (χ2n) is 11.8. The second kappa shape index (κ2) is 10.4. The van der Waals surface area contributed by atoms with E-state index in [9.17, 15) is 0 Å². The van der Waals surface area contributed by atoms with E-state index in [-0.39, 0.29) is 0 Å². The number of fused-ring (bicyclic) bond motifs is 7. The molecule has 0 unspecified atom stereocenters. The Morgan fingerprint density at radius 1 is 0.417 bits per heavy atom. The molecular weight excluding hydrogens is 592 g/mol. The summed E-state index contributed by atoms with van der Waals surface area (Å²) in [7, 11) is 0. The normalized spacial score (nSPS) is 11.8. The van der Waals surface area contributed by atoms with Crippen LogP contribution in [-0.2, 0) is 0 Å². The maximum Gasteiger partial charge on any atom is 0.183 e. The molecular formula is C42H24N4O2. The molecule has 0 aliphatic heterocycles. The third-order valence-corrected chi connectivity index (χ3v) is 8.96. The van der Waals surface area contributed by atoms with E-state index in [1.807, 2.05) is 103 Å². The molecule has 48 heavy (non-hydrogen) atoms. The van der Waals surface area contributed by atoms with Gasteiger partial charge in [0.2, 0.25) is 0 Å². The quantitative estimate of drug-likeness (QED) is 0.196. The molecule has 6 aromatic carbocycles. The Morgan fingerprint density at radius 2 is 1.04 bits per heavy atom. The van der Waals surface area contributed by atoms with E-state index in [4.69, 9.17) is 28.8 Å². The monoisotopic (exact) mass is 616 g/mol. The summed E-state index contributed by atoms with van der Waals surface area (Å²) in [4.78, 5) is 20.1. The molecule has 10 rings (SSSR count). The summed E-state index contributed by atoms with van der Waals surface area (Å²) in [6.07, 6.45) is 1.88. The minimum absolute atomic E-state index is 0.474. The average molecular weight is 617 g/mol. The van der Waals surface area contributed by atoms with Gasteiger partial charge in [-0.1, -0.05) is 115 Å². The van der Waals surface area contributed by atoms with Crippen LogP contribution < -0.4 is 0 Å². The number of rotatable bonds is 4. The smallest absolute Gasteiger partial charge is 0.183 e. The highest BCUT2D eigenvalue weighted by Crippen LogP contribution is 2.44. The van der Waals surface area contributed by atoms with Gasteiger partial charge in [-0.3, -0.25) is 4.98 Å². The highest BCUT2D eigenvalue weighted by Gasteiger charge is 2.24. The molecule has 0 saturated carbocycles. The van der Waals surface area contributed by atoms with Crippen molar-refractivity contribution in [3.8, 4) is 45.4 Å². The van der Waals surface area contributed by atoms with Gasteiger partial charge in [-0.25, -0.2) is 15.0 Å². The van der Waals surface area contributed by atoms with E-state index < -0.39 is 0 Å². The Labute approximate surface area is 274 Å². The molecule has 0 fully saturated rings. The molecule has 0 bridgehead atoms. The molecule has 224 valence electrons. The van der Waals surface area contributed by atoms with Crippen LogP contribution >= 0.6 is 0 Å². The lowest BCUT2D eigenvalue weighted by atomic mass is 9.98. The van der Waals surface area contributed by atoms with E-state index in [1.54, 1.807) is 0 Å². The van der Waals surface area contributed by atoms with Crippen LogP contribution in [0.3, 0.4) is 0 Å². The molecule has 4 aromatic heterocycles. The average Bonchev–Trinajstić information content (AvgIpc) is 3.72. The van der Waals surface area contributed by atoms with Gasteiger partial charge in [-0.05, 0) is 40.6 Å². The highest BCUT2D eigenvalue weighted by molar-refractivity contribution is 6.20. The van der Waals surface area contributed by atoms with Crippen molar-refractivity contribution in [3.05, 3.63) is 146 Å². The standard InChI is InChI=1S/C42H24N4O2/c1-3-12-25(13-4-1)40-44-41(26-14-5-2-6-15-26)46-42(45-40)38-37-31-22-27-16-7-8-17-28(27)23-35(31)48-39(37)32(24-43-38)29-19-11-21-34-36(29)30-18-9-10-20-33(30)47-34/h1-24H. The lowest BCUT2D eigenvalue weighted by molar-refractivity contribution is 0.668. The van der Waals surface area contributed by atoms with Gasteiger partial charge >= 0.3 is 0 Å². The Bertz CT molecular complexity index is 2780. The summed E-state index contributed by atoms with van der Waals surface area (Å²) < 4.78 is 13.1. The van der Waals surface area contributed by atoms with Crippen molar-refractivity contribution < 1.29 is 8.83 Å². The fourth-order valence-electron chi connectivity index (χ4n) is 6.73. The molecule has 0 radical (unpaired) electrons. The van der Waals surface area contributed by atoms with Crippen molar-refractivity contribution in [1.29, 1.82) is 0 Å². The van der Waals surface area contributed by atoms with Gasteiger partial charge in [0.25, 0.3) is 0 Å². The van der Waals surface area contributed by atoms with E-state index in [0.29, 0.717) is 28.8 Å². The van der Waals surface area contributed by atoms with Gasteiger partial charge in [0.15, 0.2) is 17.5 Å². The Kier molecular flexibility index (Phi) is 5.77. The highest BCUT2D eigenvalue weighted by atomic mass is 16.3. The second-order valence-corrected chi connectivity index (χ2v) is 11.8. The van der Waals surface area contributed by atoms with Crippen molar-refractivity contribution in [3.63, 3.8) is 0 Å². The first kappa shape index (κ1) is 26.5. The van der Waals surface area contributed by atoms with Gasteiger partial charge in [-0.2, -0.15) is 0 Å². The minimum Gasteiger partial charge on any atom is -0.456 e. The van der Waals surface area contributed by atoms with Gasteiger partial charge in [-0.15, -0.1) is 0 Å². The van der Waals surface area contributed by atoms with Crippen LogP contribution in [0.2, 0.25) is 0 Å². The van der Waals surface area contributed by atoms with Crippen molar-refractivity contribution >= 4 is 54.6 Å². The molecule has 4 heterocycles. The topological polar surface area (TPSA) is 77.8 Å². The number of nitrogens with zero attached hydrogens (tertiary/aromatic N) is 4. The molecule has 0 aliphatic carbocycles. The summed E-state index contributed by atoms with van der Waals surface area (Å²) >= 11 is 0. The molecule has 0 atom stereocenters. The molecule has 6 nitrogen and oxygen atoms in total. The maximum atomic E-state index is 6.83. The van der Waals surface area contributed by atoms with Gasteiger partial charge in [0.1, 0.15) is 28.0 Å². The number of hydrogen-bond acceptors (Lipinski definition) is 6. The summed E-state index contributed by atoms with van der Waals surface area (Å²) in [5.41, 5.74) is 7.40. The summed E-state index contributed by atoms with van der Waals surface area (Å²) in [5.74, 6) is 1.62. The molecule has 6 heteroatoms. The first-order valence-electron chi connectivity index (χ1n) is 15.8. The zero-order chi connectivity index (χ0) is 31.6. The predicted octanol–water partition coefficient (Wildman–Crippen LogP) is 10.9. The van der Waals surface area contributed by atoms with Crippen LogP contribution in [0.15, 0.2) is 155 Å². The van der Waals surface area contributed by atoms with E-state index in [0.717, 1.165) is 71.3 Å². The van der Waals surface area contributed by atoms with Gasteiger partial charge < -0.3 is 8.83 Å². The lowest BCUT2D eigenvalue weighted by Gasteiger charge is -2.10. The van der Waals surface area contributed by atoms with Crippen LogP contribution in [0.5, 0.6) is 0 Å². The van der Waals surface area contributed by atoms with E-state index in [2.05, 4.69) is 42.5 Å². The van der Waals surface area contributed by atoms with Crippen molar-refractivity contribution in [2.24, 2.45) is 0 Å². The minimum atomic E-state index is 0.474. The Hall–Kier alpha value is -6.66. The number of hydrogen-bond donors (Lipinski definition) is 0. The summed E-state index contributed by atoms with van der Waals surface area (Å²) in [6, 6.07) is 46.8. The van der Waals surface area contributed by atoms with Crippen molar-refractivity contribution in [2.45, 2.75) is 0 Å². The largest absolute Gasteiger partial charge is 0.456 e. The number of aromatic nitrogens is 4. The number of pyridine rings is 1. The van der Waals surface area contributed by atoms with Crippen molar-refractivity contribution in [2.75, 3.05) is 0 Å². The number of benzene rings is 6. The summed E-state index contributed by atoms with van der Waals surface area (Å²) in [6.45, 7) is 0. The molecule has 0 aliphatic rings. The molecule has 0 N–H and O–H groups in total. The molecule has 10 aromatic rings. The zero-order valence-corrected chi connectivity index (χ0v) is 25.5. The van der Waals surface area contributed by atoms with Crippen LogP contribution in [0.1, 0.15) is 0 Å². The van der Waals surface area contributed by atoms with Crippen LogP contribution in [-0.4, -0.2) is 19.9 Å². The van der Waals surface area contributed by atoms with Crippen molar-refractivity contribution in [1.82, 2.24) is 19.9 Å². The number of furan rings is 2. The van der Waals surface area contributed by atoms with Gasteiger partial charge in [0, 0.05) is 39.0 Å². The van der Waals surface area contributed by atoms with Crippen LogP contribution in [0, 0.1) is 0 Å². The first-order valence-corrected chi connectivity index (χ1v) is 15.8. The maximum absolute atomic E-state index is 6.83. The van der Waals surface area contributed by atoms with Crippen LogP contribution in [0.25, 0.3) is 100 Å². The van der Waals surface area contributed by atoms with E-state index >= 15 is 0 Å². The summed E-state index contributed by atoms with van der Waals surface area (Å²) in [5, 5.41) is 6.06. The van der Waals surface area contributed by atoms with E-state index in [1.165, 1.54) is 0 Å². The fourth-order valence-corrected chi connectivity index (χ4v) is 6.73. The number of para-hydroxylation sites is 1. The zero-order valence-electron chi connectivity index (χ0n) is 25.5. The van der Waals surface area contributed by atoms with Gasteiger partial charge in [0.05, 0.1) is 5.39 Å². The SMILES string of the molecule is c1ccc(-c2nc(-c3ccccc3)nc(-c3ncc(-c4cccc5oc6ccccc6c45)c4oc5cc6ccccc6cc5c34)n2)cc1. The fraction of sp³-hybridized carbons (Fsp3) is 0. The van der Waals surface area contributed by atoms with Crippen LogP contribution in [0.4, 0.5) is 0 Å². The third-order valence-electron chi connectivity index (χ3n) is 8.96. The third kappa shape index (κ3) is 4.13. The molecule has 0 amide bonds. The molecule has 0 spiro atoms. The molecule has 0 saturated heterocycles. The lowest BCUT2D eigenvalue weighted by Crippen LogP contribution is -2.01. The first-order chi connectivity index (χ1) is 23.8. The predicted molar refractivity (Wildman–Crippen MR) is 191 cm³/mol. The Balaban J connectivity index is 1.31.